The molecule has 0 saturated carbocycles. The fourth-order valence-electron chi connectivity index (χ4n) is 4.02. The Kier molecular flexibility index (Phi) is 6.13. The maximum absolute atomic E-state index is 13.2. The van der Waals surface area contributed by atoms with Crippen LogP contribution in [0.15, 0.2) is 52.3 Å². The molecule has 0 bridgehead atoms. The van der Waals surface area contributed by atoms with Crippen LogP contribution in [0.1, 0.15) is 18.9 Å². The van der Waals surface area contributed by atoms with E-state index in [-0.39, 0.29) is 5.56 Å². The molecule has 1 aliphatic heterocycles. The summed E-state index contributed by atoms with van der Waals surface area (Å²) in [7, 11) is 2.14. The van der Waals surface area contributed by atoms with Crippen molar-refractivity contribution in [1.29, 1.82) is 0 Å². The molecule has 0 atom stereocenters. The number of nitrogens with zero attached hydrogens (tertiary/aromatic N) is 6. The van der Waals surface area contributed by atoms with Gasteiger partial charge >= 0.3 is 0 Å². The van der Waals surface area contributed by atoms with Gasteiger partial charge in [0, 0.05) is 18.6 Å². The Balaban J connectivity index is 1.45. The summed E-state index contributed by atoms with van der Waals surface area (Å²) in [5.41, 5.74) is 1.38. The van der Waals surface area contributed by atoms with Gasteiger partial charge in [0.1, 0.15) is 0 Å². The van der Waals surface area contributed by atoms with Gasteiger partial charge in [0.05, 0.1) is 49.0 Å². The number of anilines is 2. The zero-order valence-electron chi connectivity index (χ0n) is 17.7. The number of fused-ring (bicyclic) bond motifs is 1. The molecule has 4 aromatic rings. The minimum atomic E-state index is -0.315. The molecule has 0 radical (unpaired) electrons. The topological polar surface area (TPSA) is 80.9 Å². The van der Waals surface area contributed by atoms with Crippen molar-refractivity contribution in [3.63, 3.8) is 0 Å². The van der Waals surface area contributed by atoms with Crippen LogP contribution in [-0.4, -0.2) is 49.4 Å². The average molecular weight is 549 g/mol. The van der Waals surface area contributed by atoms with Crippen molar-refractivity contribution in [1.82, 2.24) is 29.2 Å². The van der Waals surface area contributed by atoms with Crippen molar-refractivity contribution in [2.24, 2.45) is 0 Å². The lowest BCUT2D eigenvalue weighted by Crippen LogP contribution is -2.31. The van der Waals surface area contributed by atoms with E-state index in [1.165, 1.54) is 10.8 Å². The Labute approximate surface area is 208 Å². The number of pyridine rings is 1. The highest BCUT2D eigenvalue weighted by Crippen LogP contribution is 2.30. The van der Waals surface area contributed by atoms with E-state index in [1.807, 2.05) is 10.9 Å². The molecule has 11 heteroatoms. The van der Waals surface area contributed by atoms with Crippen LogP contribution >= 0.6 is 39.1 Å². The molecule has 1 N–H and O–H groups in total. The van der Waals surface area contributed by atoms with Crippen molar-refractivity contribution in [3.05, 3.63) is 67.9 Å². The SMILES string of the molecule is CN1CCC(n2cc(Nc3ncc4c(=O)n(-c5c(Cl)cccc5Cl)cc(Br)c4n3)cn2)CC1. The van der Waals surface area contributed by atoms with Gasteiger partial charge in [-0.15, -0.1) is 0 Å². The van der Waals surface area contributed by atoms with Gasteiger partial charge in [0.2, 0.25) is 5.95 Å². The highest BCUT2D eigenvalue weighted by atomic mass is 79.9. The third kappa shape index (κ3) is 4.38. The highest BCUT2D eigenvalue weighted by Gasteiger charge is 2.19. The Morgan fingerprint density at radius 3 is 2.58 bits per heavy atom. The van der Waals surface area contributed by atoms with Crippen LogP contribution < -0.4 is 10.9 Å². The van der Waals surface area contributed by atoms with Gasteiger partial charge in [-0.3, -0.25) is 14.0 Å². The van der Waals surface area contributed by atoms with E-state index < -0.39 is 0 Å². The molecule has 1 aliphatic rings. The van der Waals surface area contributed by atoms with Gasteiger partial charge in [0.25, 0.3) is 5.56 Å². The second kappa shape index (κ2) is 9.06. The number of piperidine rings is 1. The standard InChI is InChI=1S/C22H20BrCl2N7O/c1-30-7-5-14(6-8-30)32-11-13(9-27-32)28-22-26-10-15-19(29-22)16(23)12-31(21(15)33)20-17(24)3-2-4-18(20)25/h2-4,9-12,14H,5-8H2,1H3,(H,26,28,29). The molecule has 0 amide bonds. The van der Waals surface area contributed by atoms with E-state index in [2.05, 4.69) is 48.3 Å². The van der Waals surface area contributed by atoms with Crippen LogP contribution in [0.25, 0.3) is 16.6 Å². The minimum Gasteiger partial charge on any atom is -0.321 e. The third-order valence-corrected chi connectivity index (χ3v) is 7.00. The molecule has 0 aliphatic carbocycles. The summed E-state index contributed by atoms with van der Waals surface area (Å²) in [4.78, 5) is 24.4. The number of hydrogen-bond acceptors (Lipinski definition) is 6. The van der Waals surface area contributed by atoms with Gasteiger partial charge in [0.15, 0.2) is 0 Å². The Morgan fingerprint density at radius 2 is 1.85 bits per heavy atom. The van der Waals surface area contributed by atoms with Gasteiger partial charge in [-0.05, 0) is 61.0 Å². The van der Waals surface area contributed by atoms with Crippen LogP contribution in [-0.2, 0) is 0 Å². The Bertz CT molecular complexity index is 1380. The van der Waals surface area contributed by atoms with Crippen molar-refractivity contribution in [2.45, 2.75) is 18.9 Å². The smallest absolute Gasteiger partial charge is 0.266 e. The maximum Gasteiger partial charge on any atom is 0.266 e. The molecule has 8 nitrogen and oxygen atoms in total. The highest BCUT2D eigenvalue weighted by molar-refractivity contribution is 9.10. The molecular weight excluding hydrogens is 529 g/mol. The first kappa shape index (κ1) is 22.3. The zero-order valence-corrected chi connectivity index (χ0v) is 20.8. The third-order valence-electron chi connectivity index (χ3n) is 5.80. The molecule has 0 unspecified atom stereocenters. The van der Waals surface area contributed by atoms with E-state index in [0.717, 1.165) is 31.6 Å². The van der Waals surface area contributed by atoms with Gasteiger partial charge in [-0.1, -0.05) is 29.3 Å². The zero-order chi connectivity index (χ0) is 23.1. The molecule has 4 heterocycles. The van der Waals surface area contributed by atoms with Crippen LogP contribution in [0.2, 0.25) is 10.0 Å². The molecule has 3 aromatic heterocycles. The maximum atomic E-state index is 13.2. The second-order valence-electron chi connectivity index (χ2n) is 8.05. The molecule has 1 saturated heterocycles. The first-order chi connectivity index (χ1) is 15.9. The summed E-state index contributed by atoms with van der Waals surface area (Å²) in [5, 5.41) is 8.78. The van der Waals surface area contributed by atoms with Crippen LogP contribution in [0, 0.1) is 0 Å². The lowest BCUT2D eigenvalue weighted by molar-refractivity contribution is 0.212. The predicted octanol–water partition coefficient (Wildman–Crippen LogP) is 5.06. The number of rotatable bonds is 4. The van der Waals surface area contributed by atoms with Crippen LogP contribution in [0.5, 0.6) is 0 Å². The number of benzene rings is 1. The summed E-state index contributed by atoms with van der Waals surface area (Å²) in [6, 6.07) is 5.48. The number of aromatic nitrogens is 5. The molecule has 5 rings (SSSR count). The largest absolute Gasteiger partial charge is 0.321 e. The van der Waals surface area contributed by atoms with Crippen molar-refractivity contribution < 1.29 is 0 Å². The summed E-state index contributed by atoms with van der Waals surface area (Å²) in [6.45, 7) is 2.12. The van der Waals surface area contributed by atoms with E-state index >= 15 is 0 Å². The Hall–Kier alpha value is -2.46. The van der Waals surface area contributed by atoms with Gasteiger partial charge < -0.3 is 10.2 Å². The van der Waals surface area contributed by atoms with E-state index in [1.54, 1.807) is 30.6 Å². The molecule has 170 valence electrons. The quantitative estimate of drug-likeness (QED) is 0.384. The fraction of sp³-hybridized carbons (Fsp3) is 0.273. The average Bonchev–Trinajstić information content (AvgIpc) is 3.26. The number of likely N-dealkylation sites (tertiary alicyclic amines) is 1. The first-order valence-corrected chi connectivity index (χ1v) is 12.0. The van der Waals surface area contributed by atoms with E-state index in [0.29, 0.717) is 43.1 Å². The number of hydrogen-bond donors (Lipinski definition) is 1. The lowest BCUT2D eigenvalue weighted by atomic mass is 10.1. The van der Waals surface area contributed by atoms with Crippen LogP contribution in [0.4, 0.5) is 11.6 Å². The monoisotopic (exact) mass is 547 g/mol. The molecule has 1 aromatic carbocycles. The predicted molar refractivity (Wildman–Crippen MR) is 134 cm³/mol. The van der Waals surface area contributed by atoms with E-state index in [4.69, 9.17) is 23.2 Å². The first-order valence-electron chi connectivity index (χ1n) is 10.4. The molecule has 1 fully saturated rings. The molecular formula is C22H20BrCl2N7O. The minimum absolute atomic E-state index is 0.315. The normalized spacial score (nSPS) is 15.3. The van der Waals surface area contributed by atoms with Gasteiger partial charge in [-0.25, -0.2) is 9.97 Å². The van der Waals surface area contributed by atoms with Crippen LogP contribution in [0.3, 0.4) is 0 Å². The summed E-state index contributed by atoms with van der Waals surface area (Å²) < 4.78 is 4.01. The number of para-hydroxylation sites is 1. The number of nitrogens with one attached hydrogen (secondary N) is 1. The van der Waals surface area contributed by atoms with Crippen molar-refractivity contribution in [2.75, 3.05) is 25.5 Å². The lowest BCUT2D eigenvalue weighted by Gasteiger charge is -2.28. The summed E-state index contributed by atoms with van der Waals surface area (Å²) in [6.07, 6.45) is 8.98. The second-order valence-corrected chi connectivity index (χ2v) is 9.72. The summed E-state index contributed by atoms with van der Waals surface area (Å²) in [5.74, 6) is 0.374. The molecule has 33 heavy (non-hydrogen) atoms. The number of halogens is 3. The Morgan fingerprint density at radius 1 is 1.12 bits per heavy atom. The van der Waals surface area contributed by atoms with Gasteiger partial charge in [-0.2, -0.15) is 5.10 Å². The van der Waals surface area contributed by atoms with E-state index in [9.17, 15) is 4.79 Å². The fourth-order valence-corrected chi connectivity index (χ4v) is 5.11. The molecule has 0 spiro atoms. The van der Waals surface area contributed by atoms with Crippen molar-refractivity contribution in [3.8, 4) is 5.69 Å². The summed E-state index contributed by atoms with van der Waals surface area (Å²) >= 11 is 16.1. The van der Waals surface area contributed by atoms with Crippen molar-refractivity contribution >= 4 is 61.7 Å².